The predicted molar refractivity (Wildman–Crippen MR) is 97.4 cm³/mol. The largest absolute Gasteiger partial charge is 0.426 e. The fraction of sp³-hybridized carbons (Fsp3) is 0.200. The van der Waals surface area contributed by atoms with Gasteiger partial charge in [0.05, 0.1) is 17.5 Å². The maximum absolute atomic E-state index is 12.3. The molecule has 1 aromatic heterocycles. The number of carbonyl (C=O) groups excluding carboxylic acids is 2. The first-order chi connectivity index (χ1) is 12.5. The third-order valence-corrected chi connectivity index (χ3v) is 4.07. The third kappa shape index (κ3) is 3.54. The highest BCUT2D eigenvalue weighted by Crippen LogP contribution is 2.17. The number of ketones is 1. The van der Waals surface area contributed by atoms with Gasteiger partial charge in [-0.05, 0) is 30.3 Å². The van der Waals surface area contributed by atoms with E-state index >= 15 is 0 Å². The summed E-state index contributed by atoms with van der Waals surface area (Å²) < 4.78 is 6.55. The summed E-state index contributed by atoms with van der Waals surface area (Å²) in [4.78, 5) is 36.0. The smallest absolute Gasteiger partial charge is 0.317 e. The van der Waals surface area contributed by atoms with Gasteiger partial charge in [0, 0.05) is 24.4 Å². The zero-order chi connectivity index (χ0) is 18.7. The Morgan fingerprint density at radius 3 is 2.35 bits per heavy atom. The fourth-order valence-corrected chi connectivity index (χ4v) is 2.72. The van der Waals surface area contributed by atoms with Crippen LogP contribution in [0.15, 0.2) is 53.3 Å². The molecule has 0 aliphatic heterocycles. The Hall–Kier alpha value is -3.28. The molecule has 1 heterocycles. The van der Waals surface area contributed by atoms with Crippen LogP contribution in [0.4, 0.5) is 0 Å². The van der Waals surface area contributed by atoms with E-state index in [1.165, 1.54) is 4.68 Å². The molecular formula is C20H18N2O4. The van der Waals surface area contributed by atoms with Crippen LogP contribution in [0.25, 0.3) is 10.8 Å². The SMILES string of the molecule is CCC(=O)c1ccc(OC(=O)Cc2nn(C)c(=O)c3ccccc23)cc1. The summed E-state index contributed by atoms with van der Waals surface area (Å²) in [6.07, 6.45) is 0.356. The van der Waals surface area contributed by atoms with E-state index in [-0.39, 0.29) is 17.8 Å². The molecule has 0 atom stereocenters. The number of benzene rings is 2. The molecule has 0 fully saturated rings. The number of hydrogen-bond acceptors (Lipinski definition) is 5. The van der Waals surface area contributed by atoms with Crippen LogP contribution < -0.4 is 10.3 Å². The van der Waals surface area contributed by atoms with E-state index in [1.54, 1.807) is 62.5 Å². The molecule has 0 saturated carbocycles. The first-order valence-electron chi connectivity index (χ1n) is 8.28. The Morgan fingerprint density at radius 2 is 1.69 bits per heavy atom. The molecule has 0 N–H and O–H groups in total. The van der Waals surface area contributed by atoms with Crippen LogP contribution in [0, 0.1) is 0 Å². The number of nitrogens with zero attached hydrogens (tertiary/aromatic N) is 2. The van der Waals surface area contributed by atoms with Gasteiger partial charge in [-0.25, -0.2) is 4.68 Å². The van der Waals surface area contributed by atoms with E-state index in [0.717, 1.165) is 0 Å². The van der Waals surface area contributed by atoms with E-state index < -0.39 is 5.97 Å². The Kier molecular flexibility index (Phi) is 4.93. The molecule has 0 bridgehead atoms. The van der Waals surface area contributed by atoms with Crippen molar-refractivity contribution in [2.45, 2.75) is 19.8 Å². The number of hydrogen-bond donors (Lipinski definition) is 0. The second-order valence-electron chi connectivity index (χ2n) is 5.87. The minimum Gasteiger partial charge on any atom is -0.426 e. The van der Waals surface area contributed by atoms with Crippen LogP contribution in [-0.2, 0) is 18.3 Å². The van der Waals surface area contributed by atoms with Crippen molar-refractivity contribution < 1.29 is 14.3 Å². The summed E-state index contributed by atoms with van der Waals surface area (Å²) in [5.41, 5.74) is 0.845. The molecule has 132 valence electrons. The maximum atomic E-state index is 12.3. The minimum atomic E-state index is -0.490. The zero-order valence-electron chi connectivity index (χ0n) is 14.6. The van der Waals surface area contributed by atoms with Crippen LogP contribution in [0.1, 0.15) is 29.4 Å². The molecule has 0 aliphatic carbocycles. The lowest BCUT2D eigenvalue weighted by molar-refractivity contribution is -0.133. The van der Waals surface area contributed by atoms with Gasteiger partial charge in [0.25, 0.3) is 5.56 Å². The number of esters is 1. The Bertz CT molecular complexity index is 1040. The van der Waals surface area contributed by atoms with Gasteiger partial charge in [0.15, 0.2) is 5.78 Å². The molecular weight excluding hydrogens is 332 g/mol. The lowest BCUT2D eigenvalue weighted by Gasteiger charge is -2.08. The predicted octanol–water partition coefficient (Wildman–Crippen LogP) is 2.67. The van der Waals surface area contributed by atoms with Gasteiger partial charge in [0.2, 0.25) is 0 Å². The van der Waals surface area contributed by atoms with Gasteiger partial charge >= 0.3 is 5.97 Å². The molecule has 2 aromatic carbocycles. The quantitative estimate of drug-likeness (QED) is 0.402. The number of ether oxygens (including phenoxy) is 1. The number of aromatic nitrogens is 2. The molecule has 3 rings (SSSR count). The summed E-state index contributed by atoms with van der Waals surface area (Å²) >= 11 is 0. The zero-order valence-corrected chi connectivity index (χ0v) is 14.6. The molecule has 26 heavy (non-hydrogen) atoms. The van der Waals surface area contributed by atoms with E-state index in [0.29, 0.717) is 34.2 Å². The molecule has 0 amide bonds. The second kappa shape index (κ2) is 7.31. The topological polar surface area (TPSA) is 78.3 Å². The van der Waals surface area contributed by atoms with Gasteiger partial charge in [-0.2, -0.15) is 5.10 Å². The molecule has 0 saturated heterocycles. The van der Waals surface area contributed by atoms with E-state index in [1.807, 2.05) is 0 Å². The molecule has 0 spiro atoms. The average molecular weight is 350 g/mol. The first kappa shape index (κ1) is 17.5. The highest BCUT2D eigenvalue weighted by atomic mass is 16.5. The molecule has 0 unspecified atom stereocenters. The van der Waals surface area contributed by atoms with Gasteiger partial charge in [-0.1, -0.05) is 25.1 Å². The van der Waals surface area contributed by atoms with Crippen molar-refractivity contribution in [3.05, 3.63) is 70.1 Å². The number of Topliss-reactive ketones (excluding diaryl/α,β-unsaturated/α-hetero) is 1. The first-order valence-corrected chi connectivity index (χ1v) is 8.28. The number of fused-ring (bicyclic) bond motifs is 1. The highest BCUT2D eigenvalue weighted by Gasteiger charge is 2.14. The van der Waals surface area contributed by atoms with Crippen molar-refractivity contribution >= 4 is 22.5 Å². The van der Waals surface area contributed by atoms with Crippen molar-refractivity contribution in [1.82, 2.24) is 9.78 Å². The Balaban J connectivity index is 1.81. The molecule has 6 nitrogen and oxygen atoms in total. The van der Waals surface area contributed by atoms with Crippen LogP contribution in [0.3, 0.4) is 0 Å². The monoisotopic (exact) mass is 350 g/mol. The summed E-state index contributed by atoms with van der Waals surface area (Å²) in [7, 11) is 1.55. The standard InChI is InChI=1S/C20H18N2O4/c1-3-18(23)13-8-10-14(11-9-13)26-19(24)12-17-15-6-4-5-7-16(15)20(25)22(2)21-17/h4-11H,3,12H2,1-2H3. The van der Waals surface area contributed by atoms with E-state index in [9.17, 15) is 14.4 Å². The Labute approximate surface area is 150 Å². The van der Waals surface area contributed by atoms with Crippen molar-refractivity contribution in [3.8, 4) is 5.75 Å². The van der Waals surface area contributed by atoms with Crippen LogP contribution in [0.2, 0.25) is 0 Å². The molecule has 6 heteroatoms. The van der Waals surface area contributed by atoms with Gasteiger partial charge < -0.3 is 4.74 Å². The normalized spacial score (nSPS) is 10.7. The number of carbonyl (C=O) groups is 2. The highest BCUT2D eigenvalue weighted by molar-refractivity contribution is 5.96. The van der Waals surface area contributed by atoms with Crippen LogP contribution >= 0.6 is 0 Å². The maximum Gasteiger partial charge on any atom is 0.317 e. The summed E-state index contributed by atoms with van der Waals surface area (Å²) in [6.45, 7) is 1.79. The lowest BCUT2D eigenvalue weighted by atomic mass is 10.1. The van der Waals surface area contributed by atoms with Crippen molar-refractivity contribution in [2.24, 2.45) is 7.05 Å². The summed E-state index contributed by atoms with van der Waals surface area (Å²) in [5, 5.41) is 5.33. The average Bonchev–Trinajstić information content (AvgIpc) is 2.66. The van der Waals surface area contributed by atoms with Crippen molar-refractivity contribution in [1.29, 1.82) is 0 Å². The van der Waals surface area contributed by atoms with Gasteiger partial charge in [0.1, 0.15) is 5.75 Å². The minimum absolute atomic E-state index is 0.0312. The summed E-state index contributed by atoms with van der Waals surface area (Å²) in [6, 6.07) is 13.5. The third-order valence-electron chi connectivity index (χ3n) is 4.07. The fourth-order valence-electron chi connectivity index (χ4n) is 2.72. The van der Waals surface area contributed by atoms with Crippen molar-refractivity contribution in [2.75, 3.05) is 0 Å². The van der Waals surface area contributed by atoms with Gasteiger partial charge in [-0.15, -0.1) is 0 Å². The molecule has 3 aromatic rings. The molecule has 0 radical (unpaired) electrons. The van der Waals surface area contributed by atoms with Gasteiger partial charge in [-0.3, -0.25) is 14.4 Å². The molecule has 0 aliphatic rings. The number of aryl methyl sites for hydroxylation is 1. The lowest BCUT2D eigenvalue weighted by Crippen LogP contribution is -2.23. The van der Waals surface area contributed by atoms with E-state index in [2.05, 4.69) is 5.10 Å². The van der Waals surface area contributed by atoms with Crippen LogP contribution in [0.5, 0.6) is 5.75 Å². The van der Waals surface area contributed by atoms with E-state index in [4.69, 9.17) is 4.74 Å². The Morgan fingerprint density at radius 1 is 1.04 bits per heavy atom. The van der Waals surface area contributed by atoms with Crippen LogP contribution in [-0.4, -0.2) is 21.5 Å². The number of rotatable bonds is 5. The second-order valence-corrected chi connectivity index (χ2v) is 5.87. The van der Waals surface area contributed by atoms with Crippen molar-refractivity contribution in [3.63, 3.8) is 0 Å². The summed E-state index contributed by atoms with van der Waals surface area (Å²) in [5.74, 6) is -0.101.